The highest BCUT2D eigenvalue weighted by molar-refractivity contribution is 5.86. The molecule has 3 heterocycles. The van der Waals surface area contributed by atoms with Crippen molar-refractivity contribution in [3.05, 3.63) is 58.5 Å². The molecule has 25 heavy (non-hydrogen) atoms. The van der Waals surface area contributed by atoms with Gasteiger partial charge in [-0.3, -0.25) is 9.69 Å². The first kappa shape index (κ1) is 16.2. The zero-order chi connectivity index (χ0) is 17.4. The van der Waals surface area contributed by atoms with E-state index in [4.69, 9.17) is 0 Å². The summed E-state index contributed by atoms with van der Waals surface area (Å²) >= 11 is 0. The van der Waals surface area contributed by atoms with Crippen LogP contribution in [0.5, 0.6) is 0 Å². The lowest BCUT2D eigenvalue weighted by molar-refractivity contribution is 0.0953. The van der Waals surface area contributed by atoms with Crippen molar-refractivity contribution < 1.29 is 0 Å². The molecule has 1 saturated heterocycles. The van der Waals surface area contributed by atoms with Crippen LogP contribution in [0.15, 0.2) is 47.4 Å². The van der Waals surface area contributed by atoms with E-state index in [2.05, 4.69) is 53.0 Å². The number of likely N-dealkylation sites (tertiary alicyclic amines) is 1. The molecule has 1 aliphatic rings. The number of aromatic amines is 2. The van der Waals surface area contributed by atoms with Gasteiger partial charge < -0.3 is 9.97 Å². The van der Waals surface area contributed by atoms with Crippen LogP contribution in [-0.4, -0.2) is 27.0 Å². The topological polar surface area (TPSA) is 51.9 Å². The molecule has 4 nitrogen and oxygen atoms in total. The molecule has 1 fully saturated rings. The molecule has 2 atom stereocenters. The van der Waals surface area contributed by atoms with Crippen LogP contribution in [0.1, 0.15) is 38.7 Å². The van der Waals surface area contributed by atoms with Gasteiger partial charge in [-0.1, -0.05) is 12.5 Å². The third-order valence-electron chi connectivity index (χ3n) is 5.53. The van der Waals surface area contributed by atoms with Gasteiger partial charge in [-0.15, -0.1) is 0 Å². The Morgan fingerprint density at radius 2 is 1.92 bits per heavy atom. The minimum absolute atomic E-state index is 0.0646. The van der Waals surface area contributed by atoms with Crippen LogP contribution in [0.4, 0.5) is 0 Å². The van der Waals surface area contributed by atoms with Crippen molar-refractivity contribution in [1.82, 2.24) is 14.9 Å². The summed E-state index contributed by atoms with van der Waals surface area (Å²) in [6.07, 6.45) is 5.58. The normalized spacial score (nSPS) is 21.7. The molecule has 3 aromatic rings. The second kappa shape index (κ2) is 6.52. The molecule has 4 rings (SSSR count). The summed E-state index contributed by atoms with van der Waals surface area (Å²) in [6.45, 7) is 5.67. The smallest absolute Gasteiger partial charge is 0.257 e. The number of aromatic nitrogens is 2. The molecule has 0 amide bonds. The van der Waals surface area contributed by atoms with E-state index in [0.717, 1.165) is 23.1 Å². The molecular weight excluding hydrogens is 310 g/mol. The molecule has 130 valence electrons. The molecular formula is C21H25N3O. The van der Waals surface area contributed by atoms with E-state index < -0.39 is 0 Å². The van der Waals surface area contributed by atoms with E-state index in [-0.39, 0.29) is 5.56 Å². The van der Waals surface area contributed by atoms with Crippen molar-refractivity contribution >= 4 is 10.9 Å². The van der Waals surface area contributed by atoms with Crippen LogP contribution >= 0.6 is 0 Å². The highest BCUT2D eigenvalue weighted by Crippen LogP contribution is 2.27. The maximum absolute atomic E-state index is 12.0. The number of H-pyrrole nitrogens is 2. The van der Waals surface area contributed by atoms with Crippen LogP contribution in [-0.2, 0) is 6.54 Å². The predicted molar refractivity (Wildman–Crippen MR) is 103 cm³/mol. The number of nitrogens with one attached hydrogen (secondary N) is 2. The number of nitrogens with zero attached hydrogens (tertiary/aromatic N) is 1. The van der Waals surface area contributed by atoms with E-state index in [1.807, 2.05) is 12.1 Å². The number of pyridine rings is 1. The fourth-order valence-electron chi connectivity index (χ4n) is 4.06. The third-order valence-corrected chi connectivity index (χ3v) is 5.53. The van der Waals surface area contributed by atoms with Gasteiger partial charge in [-0.25, -0.2) is 0 Å². The van der Waals surface area contributed by atoms with Gasteiger partial charge in [0.2, 0.25) is 0 Å². The summed E-state index contributed by atoms with van der Waals surface area (Å²) < 4.78 is 0. The molecule has 2 aromatic heterocycles. The second-order valence-electron chi connectivity index (χ2n) is 7.32. The molecule has 0 bridgehead atoms. The summed E-state index contributed by atoms with van der Waals surface area (Å²) in [4.78, 5) is 20.7. The summed E-state index contributed by atoms with van der Waals surface area (Å²) in [5.74, 6) is 0. The first-order valence-electron chi connectivity index (χ1n) is 9.17. The monoisotopic (exact) mass is 335 g/mol. The van der Waals surface area contributed by atoms with Crippen molar-refractivity contribution in [1.29, 1.82) is 0 Å². The molecule has 4 heteroatoms. The summed E-state index contributed by atoms with van der Waals surface area (Å²) in [7, 11) is 0. The van der Waals surface area contributed by atoms with Gasteiger partial charge in [-0.2, -0.15) is 0 Å². The van der Waals surface area contributed by atoms with Crippen LogP contribution in [0.25, 0.3) is 22.2 Å². The van der Waals surface area contributed by atoms with Crippen LogP contribution < -0.4 is 5.56 Å². The van der Waals surface area contributed by atoms with Gasteiger partial charge in [0.25, 0.3) is 5.56 Å². The van der Waals surface area contributed by atoms with E-state index in [1.54, 1.807) is 6.20 Å². The number of benzene rings is 1. The summed E-state index contributed by atoms with van der Waals surface area (Å²) in [5, 5.41) is 1.16. The number of piperidine rings is 1. The fraction of sp³-hybridized carbons (Fsp3) is 0.381. The Kier molecular flexibility index (Phi) is 4.22. The zero-order valence-electron chi connectivity index (χ0n) is 14.9. The third kappa shape index (κ3) is 3.14. The van der Waals surface area contributed by atoms with E-state index in [1.165, 1.54) is 24.8 Å². The Morgan fingerprint density at radius 3 is 2.68 bits per heavy atom. The second-order valence-corrected chi connectivity index (χ2v) is 7.32. The van der Waals surface area contributed by atoms with Gasteiger partial charge in [0.1, 0.15) is 0 Å². The van der Waals surface area contributed by atoms with E-state index in [0.29, 0.717) is 17.6 Å². The Balaban J connectivity index is 1.64. The van der Waals surface area contributed by atoms with Crippen molar-refractivity contribution in [3.63, 3.8) is 0 Å². The SMILES string of the molecule is CC1CCCC(C)N1Cc1ccc2[nH]c(-c3ccc[nH]c3=O)cc2c1. The fourth-order valence-corrected chi connectivity index (χ4v) is 4.06. The first-order chi connectivity index (χ1) is 12.1. The van der Waals surface area contributed by atoms with Gasteiger partial charge in [-0.05, 0) is 62.6 Å². The molecule has 1 aliphatic heterocycles. The average Bonchev–Trinajstić information content (AvgIpc) is 3.01. The van der Waals surface area contributed by atoms with Crippen LogP contribution in [0.2, 0.25) is 0 Å². The molecule has 0 spiro atoms. The van der Waals surface area contributed by atoms with Crippen molar-refractivity contribution in [2.24, 2.45) is 0 Å². The maximum atomic E-state index is 12.0. The maximum Gasteiger partial charge on any atom is 0.257 e. The molecule has 0 saturated carbocycles. The minimum Gasteiger partial charge on any atom is -0.354 e. The van der Waals surface area contributed by atoms with E-state index in [9.17, 15) is 4.79 Å². The van der Waals surface area contributed by atoms with Gasteiger partial charge in [0.05, 0.1) is 11.3 Å². The van der Waals surface area contributed by atoms with Gasteiger partial charge in [0.15, 0.2) is 0 Å². The van der Waals surface area contributed by atoms with Gasteiger partial charge in [0, 0.05) is 35.7 Å². The molecule has 2 unspecified atom stereocenters. The Labute approximate surface area is 147 Å². The highest BCUT2D eigenvalue weighted by atomic mass is 16.1. The molecule has 0 aliphatic carbocycles. The minimum atomic E-state index is -0.0646. The average molecular weight is 335 g/mol. The Hall–Kier alpha value is -2.33. The number of fused-ring (bicyclic) bond motifs is 1. The molecule has 2 N–H and O–H groups in total. The van der Waals surface area contributed by atoms with Gasteiger partial charge >= 0.3 is 0 Å². The lowest BCUT2D eigenvalue weighted by Gasteiger charge is -2.39. The quantitative estimate of drug-likeness (QED) is 0.750. The van der Waals surface area contributed by atoms with Crippen molar-refractivity contribution in [2.75, 3.05) is 0 Å². The Bertz CT molecular complexity index is 929. The van der Waals surface area contributed by atoms with Crippen LogP contribution in [0.3, 0.4) is 0 Å². The Morgan fingerprint density at radius 1 is 1.12 bits per heavy atom. The standard InChI is InChI=1S/C21H25N3O/c1-14-5-3-6-15(2)24(14)13-16-8-9-19-17(11-16)12-20(23-19)18-7-4-10-22-21(18)25/h4,7-12,14-15,23H,3,5-6,13H2,1-2H3,(H,22,25). The van der Waals surface area contributed by atoms with E-state index >= 15 is 0 Å². The predicted octanol–water partition coefficient (Wildman–Crippen LogP) is 4.29. The summed E-state index contributed by atoms with van der Waals surface area (Å²) in [5.41, 5.74) is 3.89. The first-order valence-corrected chi connectivity index (χ1v) is 9.17. The summed E-state index contributed by atoms with van der Waals surface area (Å²) in [6, 6.07) is 13.6. The van der Waals surface area contributed by atoms with Crippen molar-refractivity contribution in [2.45, 2.75) is 51.7 Å². The highest BCUT2D eigenvalue weighted by Gasteiger charge is 2.24. The molecule has 1 aromatic carbocycles. The number of rotatable bonds is 3. The lowest BCUT2D eigenvalue weighted by atomic mass is 9.96. The zero-order valence-corrected chi connectivity index (χ0v) is 14.9. The van der Waals surface area contributed by atoms with Crippen LogP contribution in [0, 0.1) is 0 Å². The molecule has 0 radical (unpaired) electrons. The number of hydrogen-bond acceptors (Lipinski definition) is 2. The largest absolute Gasteiger partial charge is 0.354 e. The van der Waals surface area contributed by atoms with Crippen molar-refractivity contribution in [3.8, 4) is 11.3 Å². The number of hydrogen-bond donors (Lipinski definition) is 2. The lowest BCUT2D eigenvalue weighted by Crippen LogP contribution is -2.42.